The summed E-state index contributed by atoms with van der Waals surface area (Å²) in [6.07, 6.45) is 1.82. The molecule has 1 aromatic heterocycles. The molecule has 1 saturated heterocycles. The van der Waals surface area contributed by atoms with E-state index in [4.69, 9.17) is 4.74 Å². The van der Waals surface area contributed by atoms with Gasteiger partial charge in [-0.25, -0.2) is 9.78 Å². The van der Waals surface area contributed by atoms with Crippen molar-refractivity contribution in [2.45, 2.75) is 19.8 Å². The van der Waals surface area contributed by atoms with Crippen molar-refractivity contribution in [3.8, 4) is 5.69 Å². The fourth-order valence-electron chi connectivity index (χ4n) is 4.43. The third kappa shape index (κ3) is 4.66. The van der Waals surface area contributed by atoms with Crippen molar-refractivity contribution < 1.29 is 14.6 Å². The first-order valence-corrected chi connectivity index (χ1v) is 11.5. The third-order valence-electron chi connectivity index (χ3n) is 6.43. The van der Waals surface area contributed by atoms with Gasteiger partial charge in [-0.3, -0.25) is 9.47 Å². The number of benzene rings is 3. The number of rotatable bonds is 7. The Balaban J connectivity index is 1.24. The molecule has 5 rings (SSSR count). The predicted octanol–water partition coefficient (Wildman–Crippen LogP) is 4.41. The number of carboxylic acids is 1. The number of aromatic carboxylic acids is 1. The van der Waals surface area contributed by atoms with Crippen LogP contribution in [0, 0.1) is 0 Å². The Bertz CT molecular complexity index is 1280. The van der Waals surface area contributed by atoms with E-state index >= 15 is 0 Å². The molecule has 7 nitrogen and oxygen atoms in total. The highest BCUT2D eigenvalue weighted by atomic mass is 16.5. The highest BCUT2D eigenvalue weighted by Gasteiger charge is 2.22. The number of imidazole rings is 1. The zero-order chi connectivity index (χ0) is 23.5. The molecule has 0 saturated carbocycles. The van der Waals surface area contributed by atoms with Crippen molar-refractivity contribution in [1.82, 2.24) is 14.5 Å². The molecule has 34 heavy (non-hydrogen) atoms. The van der Waals surface area contributed by atoms with E-state index in [1.807, 2.05) is 34.9 Å². The van der Waals surface area contributed by atoms with E-state index < -0.39 is 5.97 Å². The second-order valence-electron chi connectivity index (χ2n) is 8.56. The summed E-state index contributed by atoms with van der Waals surface area (Å²) in [6.45, 7) is 6.47. The van der Waals surface area contributed by atoms with Crippen molar-refractivity contribution in [3.63, 3.8) is 0 Å². The monoisotopic (exact) mass is 456 g/mol. The molecule has 1 aliphatic rings. The van der Waals surface area contributed by atoms with E-state index in [9.17, 15) is 9.90 Å². The van der Waals surface area contributed by atoms with Crippen LogP contribution < -0.4 is 4.90 Å². The zero-order valence-corrected chi connectivity index (χ0v) is 19.2. The average Bonchev–Trinajstić information content (AvgIpc) is 3.31. The molecule has 3 aromatic carbocycles. The molecule has 174 valence electrons. The number of nitrogens with zero attached hydrogens (tertiary/aromatic N) is 4. The van der Waals surface area contributed by atoms with E-state index in [1.54, 1.807) is 18.5 Å². The van der Waals surface area contributed by atoms with Crippen LogP contribution >= 0.6 is 0 Å². The van der Waals surface area contributed by atoms with E-state index in [0.717, 1.165) is 37.4 Å². The summed E-state index contributed by atoms with van der Waals surface area (Å²) >= 11 is 0. The summed E-state index contributed by atoms with van der Waals surface area (Å²) in [7, 11) is 0. The first-order chi connectivity index (χ1) is 16.6. The lowest BCUT2D eigenvalue weighted by molar-refractivity contribution is -0.0584. The van der Waals surface area contributed by atoms with Gasteiger partial charge in [-0.15, -0.1) is 0 Å². The average molecular weight is 457 g/mol. The summed E-state index contributed by atoms with van der Waals surface area (Å²) in [6, 6.07) is 23.7. The first kappa shape index (κ1) is 22.1. The Morgan fingerprint density at radius 3 is 2.50 bits per heavy atom. The number of ether oxygens (including phenoxy) is 1. The van der Waals surface area contributed by atoms with Crippen LogP contribution in [0.2, 0.25) is 0 Å². The number of fused-ring (bicyclic) bond motifs is 1. The standard InChI is InChI=1S/C27H28N4O3/c1-20(34-18-21-6-3-2-4-7-21)29-12-14-30(15-13-29)23-8-5-9-24(17-23)31-19-28-25-16-22(27(32)33)10-11-26(25)31/h2-11,16-17,19-20H,12-15,18H2,1H3,(H,32,33). The van der Waals surface area contributed by atoms with Gasteiger partial charge in [0.25, 0.3) is 0 Å². The molecular formula is C27H28N4O3. The maximum Gasteiger partial charge on any atom is 0.335 e. The van der Waals surface area contributed by atoms with Gasteiger partial charge in [0.1, 0.15) is 12.6 Å². The van der Waals surface area contributed by atoms with Gasteiger partial charge in [-0.2, -0.15) is 0 Å². The number of piperazine rings is 1. The van der Waals surface area contributed by atoms with E-state index in [2.05, 4.69) is 52.0 Å². The van der Waals surface area contributed by atoms with Crippen molar-refractivity contribution in [1.29, 1.82) is 0 Å². The normalized spacial score (nSPS) is 15.5. The molecule has 0 bridgehead atoms. The number of anilines is 1. The molecule has 4 aromatic rings. The van der Waals surface area contributed by atoms with Crippen molar-refractivity contribution in [2.75, 3.05) is 31.1 Å². The van der Waals surface area contributed by atoms with Gasteiger partial charge in [0.15, 0.2) is 0 Å². The van der Waals surface area contributed by atoms with Gasteiger partial charge in [0, 0.05) is 37.6 Å². The predicted molar refractivity (Wildman–Crippen MR) is 133 cm³/mol. The molecule has 1 fully saturated rings. The molecule has 1 unspecified atom stereocenters. The quantitative estimate of drug-likeness (QED) is 0.444. The largest absolute Gasteiger partial charge is 0.478 e. The van der Waals surface area contributed by atoms with Crippen LogP contribution in [-0.2, 0) is 11.3 Å². The molecule has 0 radical (unpaired) electrons. The maximum absolute atomic E-state index is 11.3. The number of hydrogen-bond acceptors (Lipinski definition) is 5. The molecule has 7 heteroatoms. The minimum absolute atomic E-state index is 0.0710. The Morgan fingerprint density at radius 1 is 0.971 bits per heavy atom. The van der Waals surface area contributed by atoms with Crippen LogP contribution in [0.15, 0.2) is 79.1 Å². The lowest BCUT2D eigenvalue weighted by atomic mass is 10.2. The van der Waals surface area contributed by atoms with Crippen molar-refractivity contribution in [2.24, 2.45) is 0 Å². The third-order valence-corrected chi connectivity index (χ3v) is 6.43. The number of hydrogen-bond donors (Lipinski definition) is 1. The summed E-state index contributed by atoms with van der Waals surface area (Å²) in [5, 5.41) is 9.23. The van der Waals surface area contributed by atoms with Crippen LogP contribution in [0.25, 0.3) is 16.7 Å². The van der Waals surface area contributed by atoms with E-state index in [1.165, 1.54) is 11.3 Å². The van der Waals surface area contributed by atoms with Crippen LogP contribution in [0.3, 0.4) is 0 Å². The van der Waals surface area contributed by atoms with Gasteiger partial charge in [-0.05, 0) is 48.9 Å². The highest BCUT2D eigenvalue weighted by molar-refractivity contribution is 5.92. The summed E-state index contributed by atoms with van der Waals surface area (Å²) in [4.78, 5) is 20.4. The molecule has 1 aliphatic heterocycles. The lowest BCUT2D eigenvalue weighted by Crippen LogP contribution is -2.50. The summed E-state index contributed by atoms with van der Waals surface area (Å²) in [5.41, 5.74) is 5.16. The van der Waals surface area contributed by atoms with E-state index in [0.29, 0.717) is 12.1 Å². The number of carboxylic acid groups (broad SMARTS) is 1. The molecule has 1 N–H and O–H groups in total. The highest BCUT2D eigenvalue weighted by Crippen LogP contribution is 2.24. The van der Waals surface area contributed by atoms with Gasteiger partial charge in [0.2, 0.25) is 0 Å². The minimum atomic E-state index is -0.947. The van der Waals surface area contributed by atoms with Crippen LogP contribution in [-0.4, -0.2) is 57.9 Å². The van der Waals surface area contributed by atoms with Crippen molar-refractivity contribution in [3.05, 3.63) is 90.3 Å². The Hall–Kier alpha value is -3.68. The SMILES string of the molecule is CC(OCc1ccccc1)N1CCN(c2cccc(-n3cnc4cc(C(=O)O)ccc43)c2)CC1. The summed E-state index contributed by atoms with van der Waals surface area (Å²) in [5.74, 6) is -0.947. The zero-order valence-electron chi connectivity index (χ0n) is 19.2. The first-order valence-electron chi connectivity index (χ1n) is 11.5. The second-order valence-corrected chi connectivity index (χ2v) is 8.56. The number of aromatic nitrogens is 2. The molecule has 0 amide bonds. The molecule has 0 aliphatic carbocycles. The fourth-order valence-corrected chi connectivity index (χ4v) is 4.43. The van der Waals surface area contributed by atoms with Gasteiger partial charge in [0.05, 0.1) is 23.2 Å². The van der Waals surface area contributed by atoms with Crippen LogP contribution in [0.5, 0.6) is 0 Å². The van der Waals surface area contributed by atoms with Gasteiger partial charge < -0.3 is 14.7 Å². The van der Waals surface area contributed by atoms with Crippen LogP contribution in [0.1, 0.15) is 22.8 Å². The lowest BCUT2D eigenvalue weighted by Gasteiger charge is -2.39. The van der Waals surface area contributed by atoms with E-state index in [-0.39, 0.29) is 11.8 Å². The Morgan fingerprint density at radius 2 is 1.74 bits per heavy atom. The Kier molecular flexibility index (Phi) is 6.29. The molecule has 1 atom stereocenters. The van der Waals surface area contributed by atoms with Crippen molar-refractivity contribution >= 4 is 22.7 Å². The number of carbonyl (C=O) groups is 1. The topological polar surface area (TPSA) is 70.8 Å². The Labute approximate surface area is 198 Å². The second kappa shape index (κ2) is 9.67. The van der Waals surface area contributed by atoms with Gasteiger partial charge >= 0.3 is 5.97 Å². The maximum atomic E-state index is 11.3. The molecule has 0 spiro atoms. The van der Waals surface area contributed by atoms with Crippen LogP contribution in [0.4, 0.5) is 5.69 Å². The molecule has 2 heterocycles. The van der Waals surface area contributed by atoms with Gasteiger partial charge in [-0.1, -0.05) is 36.4 Å². The molecular weight excluding hydrogens is 428 g/mol. The smallest absolute Gasteiger partial charge is 0.335 e. The minimum Gasteiger partial charge on any atom is -0.478 e. The fraction of sp³-hybridized carbons (Fsp3) is 0.259. The summed E-state index contributed by atoms with van der Waals surface area (Å²) < 4.78 is 8.10.